The van der Waals surface area contributed by atoms with E-state index in [2.05, 4.69) is 36.5 Å². The standard InChI is InChI=1S/C30H34Cl2N2O2S/c1-21-10-12-23(13-11-21)19-37-20-28(35)34(18-24-14-15-25(31)17-26(24)32)27(29(36)33-30(2,3)4)16-22-8-6-5-7-9-22/h5-15,17,27H,16,18-20H2,1-4H3,(H,33,36). The zero-order valence-electron chi connectivity index (χ0n) is 21.8. The summed E-state index contributed by atoms with van der Waals surface area (Å²) in [5.41, 5.74) is 3.62. The summed E-state index contributed by atoms with van der Waals surface area (Å²) in [6.07, 6.45) is 0.391. The highest BCUT2D eigenvalue weighted by Crippen LogP contribution is 2.25. The van der Waals surface area contributed by atoms with Gasteiger partial charge in [0.25, 0.3) is 0 Å². The Balaban J connectivity index is 1.89. The Morgan fingerprint density at radius 1 is 0.946 bits per heavy atom. The number of thioether (sulfide) groups is 1. The first kappa shape index (κ1) is 29.1. The number of nitrogens with one attached hydrogen (secondary N) is 1. The summed E-state index contributed by atoms with van der Waals surface area (Å²) >= 11 is 14.1. The molecular weight excluding hydrogens is 523 g/mol. The van der Waals surface area contributed by atoms with E-state index in [1.54, 1.807) is 17.0 Å². The Hall–Kier alpha value is -2.47. The third-order valence-electron chi connectivity index (χ3n) is 5.74. The molecule has 7 heteroatoms. The molecule has 1 unspecified atom stereocenters. The van der Waals surface area contributed by atoms with Gasteiger partial charge in [0, 0.05) is 34.3 Å². The molecule has 0 bridgehead atoms. The molecule has 4 nitrogen and oxygen atoms in total. The van der Waals surface area contributed by atoms with Crippen LogP contribution in [0.2, 0.25) is 10.0 Å². The lowest BCUT2D eigenvalue weighted by atomic mass is 10.0. The molecule has 3 aromatic rings. The summed E-state index contributed by atoms with van der Waals surface area (Å²) < 4.78 is 0. The van der Waals surface area contributed by atoms with Crippen molar-refractivity contribution in [1.82, 2.24) is 10.2 Å². The number of benzene rings is 3. The number of halogens is 2. The fraction of sp³-hybridized carbons (Fsp3) is 0.333. The van der Waals surface area contributed by atoms with Crippen LogP contribution in [0.25, 0.3) is 0 Å². The van der Waals surface area contributed by atoms with E-state index in [0.29, 0.717) is 22.2 Å². The number of nitrogens with zero attached hydrogens (tertiary/aromatic N) is 1. The monoisotopic (exact) mass is 556 g/mol. The van der Waals surface area contributed by atoms with Crippen LogP contribution in [0.3, 0.4) is 0 Å². The van der Waals surface area contributed by atoms with Gasteiger partial charge in [-0.15, -0.1) is 11.8 Å². The molecule has 0 spiro atoms. The Morgan fingerprint density at radius 3 is 2.24 bits per heavy atom. The third-order valence-corrected chi connectivity index (χ3v) is 7.32. The Labute approximate surface area is 234 Å². The molecule has 0 aliphatic carbocycles. The predicted octanol–water partition coefficient (Wildman–Crippen LogP) is 7.09. The fourth-order valence-corrected chi connectivity index (χ4v) is 5.20. The maximum Gasteiger partial charge on any atom is 0.243 e. The average Bonchev–Trinajstić information content (AvgIpc) is 2.83. The number of carbonyl (C=O) groups is 2. The van der Waals surface area contributed by atoms with Crippen molar-refractivity contribution in [2.24, 2.45) is 0 Å². The van der Waals surface area contributed by atoms with E-state index in [1.165, 1.54) is 17.3 Å². The van der Waals surface area contributed by atoms with Gasteiger partial charge in [0.2, 0.25) is 11.8 Å². The molecule has 196 valence electrons. The molecule has 0 aliphatic rings. The summed E-state index contributed by atoms with van der Waals surface area (Å²) in [5.74, 6) is 0.637. The molecule has 0 radical (unpaired) electrons. The lowest BCUT2D eigenvalue weighted by molar-refractivity contribution is -0.140. The van der Waals surface area contributed by atoms with Crippen molar-refractivity contribution >= 4 is 46.8 Å². The average molecular weight is 558 g/mol. The minimum atomic E-state index is -0.708. The molecule has 0 saturated carbocycles. The largest absolute Gasteiger partial charge is 0.350 e. The van der Waals surface area contributed by atoms with Crippen LogP contribution in [0.4, 0.5) is 0 Å². The zero-order chi connectivity index (χ0) is 27.0. The molecule has 0 fully saturated rings. The SMILES string of the molecule is Cc1ccc(CSCC(=O)N(Cc2ccc(Cl)cc2Cl)C(Cc2ccccc2)C(=O)NC(C)(C)C)cc1. The van der Waals surface area contributed by atoms with Gasteiger partial charge in [0.1, 0.15) is 6.04 Å². The molecule has 0 saturated heterocycles. The van der Waals surface area contributed by atoms with Gasteiger partial charge in [-0.25, -0.2) is 0 Å². The van der Waals surface area contributed by atoms with E-state index in [4.69, 9.17) is 23.2 Å². The summed E-state index contributed by atoms with van der Waals surface area (Å²) in [6.45, 7) is 8.06. The highest BCUT2D eigenvalue weighted by atomic mass is 35.5. The van der Waals surface area contributed by atoms with Crippen molar-refractivity contribution in [3.8, 4) is 0 Å². The molecule has 3 rings (SSSR count). The summed E-state index contributed by atoms with van der Waals surface area (Å²) in [5, 5.41) is 4.06. The van der Waals surface area contributed by atoms with Crippen LogP contribution >= 0.6 is 35.0 Å². The second-order valence-electron chi connectivity index (χ2n) is 10.2. The molecule has 3 aromatic carbocycles. The Kier molecular flexibility index (Phi) is 10.5. The van der Waals surface area contributed by atoms with E-state index in [-0.39, 0.29) is 24.1 Å². The molecule has 2 amide bonds. The Bertz CT molecular complexity index is 1190. The second kappa shape index (κ2) is 13.4. The number of carbonyl (C=O) groups excluding carboxylic acids is 2. The van der Waals surface area contributed by atoms with Gasteiger partial charge in [-0.3, -0.25) is 9.59 Å². The minimum absolute atomic E-state index is 0.117. The van der Waals surface area contributed by atoms with Gasteiger partial charge in [-0.1, -0.05) is 89.4 Å². The number of hydrogen-bond donors (Lipinski definition) is 1. The molecule has 0 aromatic heterocycles. The normalized spacial score (nSPS) is 12.2. The van der Waals surface area contributed by atoms with Gasteiger partial charge in [-0.2, -0.15) is 0 Å². The number of hydrogen-bond acceptors (Lipinski definition) is 3. The first-order valence-electron chi connectivity index (χ1n) is 12.2. The smallest absolute Gasteiger partial charge is 0.243 e. The van der Waals surface area contributed by atoms with Crippen LogP contribution < -0.4 is 5.32 Å². The lowest BCUT2D eigenvalue weighted by Crippen LogP contribution is -2.54. The summed E-state index contributed by atoms with van der Waals surface area (Å²) in [4.78, 5) is 29.0. The van der Waals surface area contributed by atoms with Crippen LogP contribution in [-0.4, -0.2) is 34.0 Å². The fourth-order valence-electron chi connectivity index (χ4n) is 3.86. The molecule has 1 atom stereocenters. The first-order valence-corrected chi connectivity index (χ1v) is 14.2. The topological polar surface area (TPSA) is 49.4 Å². The summed E-state index contributed by atoms with van der Waals surface area (Å²) in [6, 6.07) is 22.6. The molecule has 0 aliphatic heterocycles. The maximum atomic E-state index is 13.7. The first-order chi connectivity index (χ1) is 17.5. The Morgan fingerprint density at radius 2 is 1.62 bits per heavy atom. The second-order valence-corrected chi connectivity index (χ2v) is 12.0. The molecular formula is C30H34Cl2N2O2S. The molecule has 1 N–H and O–H groups in total. The van der Waals surface area contributed by atoms with E-state index in [1.807, 2.05) is 57.2 Å². The molecule has 0 heterocycles. The number of amides is 2. The van der Waals surface area contributed by atoms with Crippen molar-refractivity contribution in [2.75, 3.05) is 5.75 Å². The summed E-state index contributed by atoms with van der Waals surface area (Å²) in [7, 11) is 0. The van der Waals surface area contributed by atoms with E-state index in [9.17, 15) is 9.59 Å². The van der Waals surface area contributed by atoms with Crippen LogP contribution in [0, 0.1) is 6.92 Å². The quantitative estimate of drug-likeness (QED) is 0.290. The highest BCUT2D eigenvalue weighted by molar-refractivity contribution is 7.99. The highest BCUT2D eigenvalue weighted by Gasteiger charge is 2.32. The van der Waals surface area contributed by atoms with Gasteiger partial charge in [-0.05, 0) is 56.5 Å². The minimum Gasteiger partial charge on any atom is -0.350 e. The third kappa shape index (κ3) is 9.41. The van der Waals surface area contributed by atoms with E-state index < -0.39 is 11.6 Å². The zero-order valence-corrected chi connectivity index (χ0v) is 24.1. The van der Waals surface area contributed by atoms with Crippen molar-refractivity contribution in [2.45, 2.75) is 58.0 Å². The van der Waals surface area contributed by atoms with Crippen molar-refractivity contribution < 1.29 is 9.59 Å². The number of aryl methyl sites for hydroxylation is 1. The van der Waals surface area contributed by atoms with Crippen molar-refractivity contribution in [3.63, 3.8) is 0 Å². The van der Waals surface area contributed by atoms with Gasteiger partial charge in [0.05, 0.1) is 5.75 Å². The predicted molar refractivity (Wildman–Crippen MR) is 156 cm³/mol. The van der Waals surface area contributed by atoms with Crippen LogP contribution in [0.15, 0.2) is 72.8 Å². The van der Waals surface area contributed by atoms with Crippen molar-refractivity contribution in [1.29, 1.82) is 0 Å². The van der Waals surface area contributed by atoms with E-state index >= 15 is 0 Å². The van der Waals surface area contributed by atoms with Crippen LogP contribution in [-0.2, 0) is 28.3 Å². The lowest BCUT2D eigenvalue weighted by Gasteiger charge is -2.34. The number of rotatable bonds is 10. The van der Waals surface area contributed by atoms with E-state index in [0.717, 1.165) is 16.7 Å². The van der Waals surface area contributed by atoms with Crippen LogP contribution in [0.1, 0.15) is 43.0 Å². The molecule has 37 heavy (non-hydrogen) atoms. The maximum absolute atomic E-state index is 13.7. The van der Waals surface area contributed by atoms with Gasteiger partial charge in [0.15, 0.2) is 0 Å². The van der Waals surface area contributed by atoms with Gasteiger partial charge < -0.3 is 10.2 Å². The van der Waals surface area contributed by atoms with Gasteiger partial charge >= 0.3 is 0 Å². The van der Waals surface area contributed by atoms with Crippen molar-refractivity contribution in [3.05, 3.63) is 105 Å². The van der Waals surface area contributed by atoms with Crippen LogP contribution in [0.5, 0.6) is 0 Å².